The molecule has 3 fully saturated rings. The first-order valence-electron chi connectivity index (χ1n) is 8.57. The number of ketones is 1. The summed E-state index contributed by atoms with van der Waals surface area (Å²) in [4.78, 5) is 38.1. The van der Waals surface area contributed by atoms with Crippen LogP contribution >= 0.6 is 11.8 Å². The monoisotopic (exact) mass is 351 g/mol. The molecule has 6 heteroatoms. The number of thioether (sulfide) groups is 1. The molecule has 5 unspecified atom stereocenters. The van der Waals surface area contributed by atoms with E-state index in [0.29, 0.717) is 12.8 Å². The number of ether oxygens (including phenoxy) is 1. The number of nitrogens with zero attached hydrogens (tertiary/aromatic N) is 1. The molecule has 3 rings (SSSR count). The molecule has 132 valence electrons. The molecule has 0 aromatic carbocycles. The van der Waals surface area contributed by atoms with Gasteiger partial charge in [0.25, 0.3) is 0 Å². The van der Waals surface area contributed by atoms with Crippen molar-refractivity contribution in [2.75, 3.05) is 0 Å². The standard InChI is InChI=1S/C18H25NO4S/c1-5-10(20)7-6-8-13(21)23-15-12-9-11-16(24-12)14(15)19(17(11)22)18(2,3)4/h5,11-12,14-16H,1,6-9H2,2-4H3. The van der Waals surface area contributed by atoms with Crippen LogP contribution < -0.4 is 0 Å². The van der Waals surface area contributed by atoms with Crippen LogP contribution in [0.2, 0.25) is 0 Å². The molecule has 5 nitrogen and oxygen atoms in total. The number of rotatable bonds is 6. The van der Waals surface area contributed by atoms with Gasteiger partial charge in [-0.25, -0.2) is 0 Å². The van der Waals surface area contributed by atoms with Gasteiger partial charge in [0.1, 0.15) is 6.10 Å². The Hall–Kier alpha value is -1.30. The third-order valence-corrected chi connectivity index (χ3v) is 6.86. The van der Waals surface area contributed by atoms with Crippen molar-refractivity contribution in [3.05, 3.63) is 12.7 Å². The van der Waals surface area contributed by atoms with E-state index in [1.54, 1.807) is 0 Å². The summed E-state index contributed by atoms with van der Waals surface area (Å²) in [5, 5.41) is 0.474. The van der Waals surface area contributed by atoms with E-state index < -0.39 is 0 Å². The zero-order valence-corrected chi connectivity index (χ0v) is 15.3. The van der Waals surface area contributed by atoms with Gasteiger partial charge in [-0.15, -0.1) is 11.8 Å². The second kappa shape index (κ2) is 6.21. The maximum Gasteiger partial charge on any atom is 0.306 e. The quantitative estimate of drug-likeness (QED) is 0.543. The molecule has 1 amide bonds. The number of likely N-dealkylation sites (tertiary alicyclic amines) is 1. The van der Waals surface area contributed by atoms with E-state index in [-0.39, 0.29) is 58.2 Å². The van der Waals surface area contributed by atoms with Crippen LogP contribution in [0.4, 0.5) is 0 Å². The molecule has 2 bridgehead atoms. The van der Waals surface area contributed by atoms with Crippen LogP contribution in [0.3, 0.4) is 0 Å². The second-order valence-electron chi connectivity index (χ2n) is 7.83. The summed E-state index contributed by atoms with van der Waals surface area (Å²) in [6.07, 6.45) is 2.91. The van der Waals surface area contributed by atoms with E-state index >= 15 is 0 Å². The van der Waals surface area contributed by atoms with Crippen molar-refractivity contribution < 1.29 is 19.1 Å². The lowest BCUT2D eigenvalue weighted by Gasteiger charge is -2.39. The topological polar surface area (TPSA) is 63.7 Å². The van der Waals surface area contributed by atoms with E-state index in [1.165, 1.54) is 6.08 Å². The lowest BCUT2D eigenvalue weighted by atomic mass is 9.87. The van der Waals surface area contributed by atoms with Crippen LogP contribution in [0, 0.1) is 5.92 Å². The van der Waals surface area contributed by atoms with Gasteiger partial charge in [-0.1, -0.05) is 6.58 Å². The molecule has 0 N–H and O–H groups in total. The largest absolute Gasteiger partial charge is 0.459 e. The lowest BCUT2D eigenvalue weighted by Crippen LogP contribution is -2.53. The Labute approximate surface area is 147 Å². The smallest absolute Gasteiger partial charge is 0.306 e. The Morgan fingerprint density at radius 2 is 2.08 bits per heavy atom. The Morgan fingerprint density at radius 1 is 1.38 bits per heavy atom. The van der Waals surface area contributed by atoms with Gasteiger partial charge in [-0.3, -0.25) is 14.4 Å². The van der Waals surface area contributed by atoms with Crippen molar-refractivity contribution in [1.82, 2.24) is 4.90 Å². The van der Waals surface area contributed by atoms with Crippen molar-refractivity contribution >= 4 is 29.4 Å². The Balaban J connectivity index is 1.64. The number of amides is 1. The van der Waals surface area contributed by atoms with Crippen LogP contribution in [0.1, 0.15) is 46.5 Å². The number of carbonyl (C=O) groups excluding carboxylic acids is 3. The third-order valence-electron chi connectivity index (χ3n) is 5.13. The molecule has 0 aliphatic carbocycles. The number of fused-ring (bicyclic) bond motifs is 1. The molecule has 0 aromatic rings. The van der Waals surface area contributed by atoms with Gasteiger partial charge in [-0.05, 0) is 39.7 Å². The summed E-state index contributed by atoms with van der Waals surface area (Å²) < 4.78 is 5.77. The molecule has 0 aromatic heterocycles. The van der Waals surface area contributed by atoms with E-state index in [2.05, 4.69) is 6.58 Å². The first-order valence-corrected chi connectivity index (χ1v) is 9.51. The molecule has 0 radical (unpaired) electrons. The van der Waals surface area contributed by atoms with Crippen molar-refractivity contribution in [3.63, 3.8) is 0 Å². The zero-order valence-electron chi connectivity index (χ0n) is 14.5. The van der Waals surface area contributed by atoms with Gasteiger partial charge in [0.15, 0.2) is 5.78 Å². The maximum atomic E-state index is 12.7. The highest BCUT2D eigenvalue weighted by Gasteiger charge is 2.66. The van der Waals surface area contributed by atoms with Gasteiger partial charge in [0.2, 0.25) is 5.91 Å². The van der Waals surface area contributed by atoms with Gasteiger partial charge in [-0.2, -0.15) is 0 Å². The van der Waals surface area contributed by atoms with E-state index in [0.717, 1.165) is 6.42 Å². The molecule has 0 spiro atoms. The third kappa shape index (κ3) is 2.89. The first-order chi connectivity index (χ1) is 11.2. The number of hydrogen-bond donors (Lipinski definition) is 0. The highest BCUT2D eigenvalue weighted by atomic mass is 32.2. The predicted molar refractivity (Wildman–Crippen MR) is 92.6 cm³/mol. The summed E-state index contributed by atoms with van der Waals surface area (Å²) >= 11 is 1.81. The minimum absolute atomic E-state index is 0.00925. The fourth-order valence-electron chi connectivity index (χ4n) is 4.18. The average Bonchev–Trinajstić information content (AvgIpc) is 3.10. The molecule has 3 aliphatic heterocycles. The second-order valence-corrected chi connectivity index (χ2v) is 9.25. The molecule has 3 heterocycles. The fourth-order valence-corrected chi connectivity index (χ4v) is 6.13. The molecule has 24 heavy (non-hydrogen) atoms. The van der Waals surface area contributed by atoms with E-state index in [9.17, 15) is 14.4 Å². The minimum Gasteiger partial charge on any atom is -0.459 e. The molecular weight excluding hydrogens is 326 g/mol. The Kier molecular flexibility index (Phi) is 4.53. The average molecular weight is 351 g/mol. The molecule has 5 atom stereocenters. The Morgan fingerprint density at radius 3 is 2.71 bits per heavy atom. The number of esters is 1. The molecule has 3 aliphatic rings. The van der Waals surface area contributed by atoms with E-state index in [1.807, 2.05) is 37.4 Å². The molecule has 3 saturated heterocycles. The summed E-state index contributed by atoms with van der Waals surface area (Å²) in [6.45, 7) is 9.53. The summed E-state index contributed by atoms with van der Waals surface area (Å²) in [5.74, 6) is -0.0248. The van der Waals surface area contributed by atoms with Crippen LogP contribution in [0.5, 0.6) is 0 Å². The van der Waals surface area contributed by atoms with Gasteiger partial charge < -0.3 is 9.64 Å². The summed E-state index contributed by atoms with van der Waals surface area (Å²) in [6, 6.07) is -0.00925. The van der Waals surface area contributed by atoms with Crippen molar-refractivity contribution in [3.8, 4) is 0 Å². The SMILES string of the molecule is C=CC(=O)CCCC(=O)OC1C2CC3C(=O)N(C(C)(C)C)C1C3S2. The predicted octanol–water partition coefficient (Wildman–Crippen LogP) is 2.34. The van der Waals surface area contributed by atoms with Crippen LogP contribution in [-0.2, 0) is 19.1 Å². The van der Waals surface area contributed by atoms with Gasteiger partial charge >= 0.3 is 5.97 Å². The number of hydrogen-bond acceptors (Lipinski definition) is 5. The minimum atomic E-state index is -0.269. The van der Waals surface area contributed by atoms with Gasteiger partial charge in [0.05, 0.1) is 12.0 Å². The fraction of sp³-hybridized carbons (Fsp3) is 0.722. The van der Waals surface area contributed by atoms with Crippen molar-refractivity contribution in [1.29, 1.82) is 0 Å². The van der Waals surface area contributed by atoms with Crippen LogP contribution in [0.15, 0.2) is 12.7 Å². The first kappa shape index (κ1) is 17.5. The molecule has 0 saturated carbocycles. The normalized spacial score (nSPS) is 33.9. The van der Waals surface area contributed by atoms with Crippen molar-refractivity contribution in [2.45, 2.75) is 74.6 Å². The molecular formula is C18H25NO4S. The van der Waals surface area contributed by atoms with Crippen LogP contribution in [0.25, 0.3) is 0 Å². The van der Waals surface area contributed by atoms with Crippen LogP contribution in [-0.4, -0.2) is 50.7 Å². The number of allylic oxidation sites excluding steroid dienone is 1. The Bertz CT molecular complexity index is 582. The highest BCUT2D eigenvalue weighted by Crippen LogP contribution is 2.58. The number of carbonyl (C=O) groups is 3. The summed E-state index contributed by atoms with van der Waals surface area (Å²) in [5.41, 5.74) is -0.268. The summed E-state index contributed by atoms with van der Waals surface area (Å²) in [7, 11) is 0. The van der Waals surface area contributed by atoms with E-state index in [4.69, 9.17) is 4.74 Å². The lowest BCUT2D eigenvalue weighted by molar-refractivity contribution is -0.154. The van der Waals surface area contributed by atoms with Crippen molar-refractivity contribution in [2.24, 2.45) is 5.92 Å². The van der Waals surface area contributed by atoms with Gasteiger partial charge in [0, 0.05) is 28.9 Å². The zero-order chi connectivity index (χ0) is 17.6. The maximum absolute atomic E-state index is 12.7. The highest BCUT2D eigenvalue weighted by molar-refractivity contribution is 8.01.